The van der Waals surface area contributed by atoms with Crippen LogP contribution in [0.15, 0.2) is 90.0 Å². The highest BCUT2D eigenvalue weighted by Crippen LogP contribution is 2.31. The number of amides is 1. The Hall–Kier alpha value is -5.01. The lowest BCUT2D eigenvalue weighted by Crippen LogP contribution is -2.26. The molecule has 0 spiro atoms. The molecule has 0 saturated carbocycles. The van der Waals surface area contributed by atoms with Gasteiger partial charge in [-0.25, -0.2) is 33.2 Å². The standard InChI is InChI=1S/C26H24N8O4S/c1-32(23-13-14-28-24(31-23)29-17-7-6-10-20(15-17)39(27,37)38)19-11-12-22-21(16-19)30-25(33(22)2)34(26(35)36)18-8-4-3-5-9-18/h3-16H,1-2H3,(H,35,36)(H2,27,37,38)(H,28,29,31). The molecule has 12 nitrogen and oxygen atoms in total. The number of hydrogen-bond acceptors (Lipinski definition) is 8. The molecule has 2 aromatic heterocycles. The van der Waals surface area contributed by atoms with Crippen LogP contribution in [0, 0.1) is 0 Å². The third-order valence-corrected chi connectivity index (χ3v) is 6.95. The van der Waals surface area contributed by atoms with Gasteiger partial charge in [-0.3, -0.25) is 0 Å². The Morgan fingerprint density at radius 3 is 2.46 bits per heavy atom. The number of imidazole rings is 1. The van der Waals surface area contributed by atoms with Crippen LogP contribution in [0.25, 0.3) is 11.0 Å². The van der Waals surface area contributed by atoms with Gasteiger partial charge < -0.3 is 19.9 Å². The summed E-state index contributed by atoms with van der Waals surface area (Å²) in [6, 6.07) is 22.1. The molecule has 0 aliphatic carbocycles. The van der Waals surface area contributed by atoms with Gasteiger partial charge in [-0.2, -0.15) is 4.98 Å². The molecule has 1 amide bonds. The van der Waals surface area contributed by atoms with E-state index in [0.29, 0.717) is 22.7 Å². The fraction of sp³-hybridized carbons (Fsp3) is 0.0769. The summed E-state index contributed by atoms with van der Waals surface area (Å²) in [6.07, 6.45) is 0.430. The van der Waals surface area contributed by atoms with Crippen LogP contribution in [0.2, 0.25) is 0 Å². The van der Waals surface area contributed by atoms with Crippen molar-refractivity contribution in [2.45, 2.75) is 4.90 Å². The fourth-order valence-corrected chi connectivity index (χ4v) is 4.64. The summed E-state index contributed by atoms with van der Waals surface area (Å²) in [7, 11) is -0.263. The van der Waals surface area contributed by atoms with Gasteiger partial charge in [0.05, 0.1) is 21.6 Å². The van der Waals surface area contributed by atoms with Crippen molar-refractivity contribution in [1.29, 1.82) is 0 Å². The number of aryl methyl sites for hydroxylation is 1. The van der Waals surface area contributed by atoms with Crippen molar-refractivity contribution in [2.75, 3.05) is 22.2 Å². The van der Waals surface area contributed by atoms with Crippen molar-refractivity contribution >= 4 is 61.9 Å². The van der Waals surface area contributed by atoms with Crippen molar-refractivity contribution in [2.24, 2.45) is 12.2 Å². The number of primary sulfonamides is 1. The van der Waals surface area contributed by atoms with Gasteiger partial charge >= 0.3 is 6.09 Å². The molecule has 2 heterocycles. The van der Waals surface area contributed by atoms with E-state index < -0.39 is 16.1 Å². The molecule has 4 N–H and O–H groups in total. The predicted molar refractivity (Wildman–Crippen MR) is 149 cm³/mol. The maximum absolute atomic E-state index is 12.1. The summed E-state index contributed by atoms with van der Waals surface area (Å²) in [5, 5.41) is 18.1. The van der Waals surface area contributed by atoms with Crippen LogP contribution in [-0.2, 0) is 17.1 Å². The Kier molecular flexibility index (Phi) is 6.60. The highest BCUT2D eigenvalue weighted by Gasteiger charge is 2.23. The topological polar surface area (TPSA) is 160 Å². The highest BCUT2D eigenvalue weighted by atomic mass is 32.2. The number of sulfonamides is 1. The van der Waals surface area contributed by atoms with E-state index >= 15 is 0 Å². The third-order valence-electron chi connectivity index (χ3n) is 6.04. The quantitative estimate of drug-likeness (QED) is 0.271. The number of hydrogen-bond donors (Lipinski definition) is 3. The Morgan fingerprint density at radius 2 is 1.74 bits per heavy atom. The minimum Gasteiger partial charge on any atom is -0.464 e. The molecule has 0 unspecified atom stereocenters. The Morgan fingerprint density at radius 1 is 0.974 bits per heavy atom. The van der Waals surface area contributed by atoms with Gasteiger partial charge in [0.1, 0.15) is 5.82 Å². The van der Waals surface area contributed by atoms with E-state index in [1.54, 1.807) is 60.3 Å². The van der Waals surface area contributed by atoms with Gasteiger partial charge in [-0.05, 0) is 54.6 Å². The molecular weight excluding hydrogens is 520 g/mol. The maximum atomic E-state index is 12.1. The van der Waals surface area contributed by atoms with E-state index in [9.17, 15) is 18.3 Å². The monoisotopic (exact) mass is 544 g/mol. The van der Waals surface area contributed by atoms with Gasteiger partial charge in [0, 0.05) is 31.7 Å². The Labute approximate surface area is 224 Å². The molecule has 0 atom stereocenters. The molecule has 0 aliphatic heterocycles. The number of benzene rings is 3. The average Bonchev–Trinajstić information content (AvgIpc) is 3.23. The molecule has 0 bridgehead atoms. The first kappa shape index (κ1) is 25.6. The van der Waals surface area contributed by atoms with Crippen LogP contribution in [-0.4, -0.2) is 46.2 Å². The van der Waals surface area contributed by atoms with Crippen molar-refractivity contribution in [3.63, 3.8) is 0 Å². The third kappa shape index (κ3) is 5.21. The summed E-state index contributed by atoms with van der Waals surface area (Å²) in [5.74, 6) is 1.08. The van der Waals surface area contributed by atoms with E-state index in [2.05, 4.69) is 20.3 Å². The number of nitrogens with one attached hydrogen (secondary N) is 1. The molecule has 3 aromatic carbocycles. The maximum Gasteiger partial charge on any atom is 0.418 e. The second kappa shape index (κ2) is 10.0. The van der Waals surface area contributed by atoms with E-state index in [4.69, 9.17) is 5.14 Å². The van der Waals surface area contributed by atoms with Crippen molar-refractivity contribution in [3.05, 3.63) is 85.1 Å². The molecule has 0 radical (unpaired) electrons. The zero-order valence-corrected chi connectivity index (χ0v) is 21.7. The highest BCUT2D eigenvalue weighted by molar-refractivity contribution is 7.89. The lowest BCUT2D eigenvalue weighted by Gasteiger charge is -2.19. The van der Waals surface area contributed by atoms with E-state index in [1.165, 1.54) is 12.1 Å². The predicted octanol–water partition coefficient (Wildman–Crippen LogP) is 4.34. The number of aromatic nitrogens is 4. The number of carbonyl (C=O) groups is 1. The molecule has 198 valence electrons. The van der Waals surface area contributed by atoms with E-state index in [1.807, 2.05) is 36.2 Å². The fourth-order valence-electron chi connectivity index (χ4n) is 4.08. The molecular formula is C26H24N8O4S. The van der Waals surface area contributed by atoms with Crippen LogP contribution in [0.3, 0.4) is 0 Å². The van der Waals surface area contributed by atoms with Crippen LogP contribution < -0.4 is 20.3 Å². The number of nitrogens with two attached hydrogens (primary N) is 1. The first-order valence-corrected chi connectivity index (χ1v) is 13.2. The SMILES string of the molecule is CN(c1ccc2c(c1)nc(N(C(=O)O)c1ccccc1)n2C)c1ccnc(Nc2cccc(S(N)(=O)=O)c2)n1. The lowest BCUT2D eigenvalue weighted by molar-refractivity contribution is 0.204. The van der Waals surface area contributed by atoms with Gasteiger partial charge in [0.15, 0.2) is 0 Å². The summed E-state index contributed by atoms with van der Waals surface area (Å²) in [6.45, 7) is 0. The number of carboxylic acid groups (broad SMARTS) is 1. The molecule has 5 rings (SSSR count). The van der Waals surface area contributed by atoms with Gasteiger partial charge in [-0.1, -0.05) is 24.3 Å². The summed E-state index contributed by atoms with van der Waals surface area (Å²) < 4.78 is 25.1. The van der Waals surface area contributed by atoms with Crippen molar-refractivity contribution in [1.82, 2.24) is 19.5 Å². The zero-order valence-electron chi connectivity index (χ0n) is 20.9. The number of anilines is 6. The minimum atomic E-state index is -3.85. The molecule has 39 heavy (non-hydrogen) atoms. The van der Waals surface area contributed by atoms with Gasteiger partial charge in [-0.15, -0.1) is 0 Å². The van der Waals surface area contributed by atoms with E-state index in [0.717, 1.165) is 16.1 Å². The summed E-state index contributed by atoms with van der Waals surface area (Å²) in [4.78, 5) is 28.5. The molecule has 0 saturated heterocycles. The first-order chi connectivity index (χ1) is 18.6. The van der Waals surface area contributed by atoms with Crippen LogP contribution in [0.5, 0.6) is 0 Å². The number of rotatable bonds is 7. The number of fused-ring (bicyclic) bond motifs is 1. The van der Waals surface area contributed by atoms with Crippen molar-refractivity contribution in [3.8, 4) is 0 Å². The smallest absolute Gasteiger partial charge is 0.418 e. The van der Waals surface area contributed by atoms with Gasteiger partial charge in [0.25, 0.3) is 0 Å². The summed E-state index contributed by atoms with van der Waals surface area (Å²) in [5.41, 5.74) is 3.06. The first-order valence-electron chi connectivity index (χ1n) is 11.6. The number of nitrogens with zero attached hydrogens (tertiary/aromatic N) is 6. The summed E-state index contributed by atoms with van der Waals surface area (Å²) >= 11 is 0. The van der Waals surface area contributed by atoms with E-state index in [-0.39, 0.29) is 16.8 Å². The Bertz CT molecular complexity index is 1790. The second-order valence-corrected chi connectivity index (χ2v) is 10.2. The van der Waals surface area contributed by atoms with Crippen LogP contribution >= 0.6 is 0 Å². The van der Waals surface area contributed by atoms with Crippen LogP contribution in [0.1, 0.15) is 0 Å². The van der Waals surface area contributed by atoms with Gasteiger partial charge in [0.2, 0.25) is 21.9 Å². The molecule has 13 heteroatoms. The average molecular weight is 545 g/mol. The normalized spacial score (nSPS) is 11.4. The lowest BCUT2D eigenvalue weighted by atomic mass is 10.2. The minimum absolute atomic E-state index is 0.0301. The largest absolute Gasteiger partial charge is 0.464 e. The van der Waals surface area contributed by atoms with Crippen molar-refractivity contribution < 1.29 is 18.3 Å². The Balaban J connectivity index is 1.45. The zero-order chi connectivity index (χ0) is 27.7. The molecule has 5 aromatic rings. The molecule has 0 aliphatic rings. The number of para-hydroxylation sites is 1. The molecule has 0 fully saturated rings. The second-order valence-electron chi connectivity index (χ2n) is 8.59. The van der Waals surface area contributed by atoms with Crippen LogP contribution in [0.4, 0.5) is 39.6 Å².